The molecule has 0 aromatic heterocycles. The number of hydrogen-bond acceptors (Lipinski definition) is 3. The van der Waals surface area contributed by atoms with E-state index in [-0.39, 0.29) is 30.1 Å². The monoisotopic (exact) mass is 449 g/mol. The number of carbonyl (C=O) groups excluding carboxylic acids is 1. The molecule has 0 aliphatic carbocycles. The number of carbonyl (C=O) groups is 1. The number of piperidine rings is 1. The lowest BCUT2D eigenvalue weighted by Crippen LogP contribution is -2.45. The van der Waals surface area contributed by atoms with Crippen LogP contribution in [0.1, 0.15) is 108 Å². The molecule has 1 aliphatic heterocycles. The summed E-state index contributed by atoms with van der Waals surface area (Å²) in [6, 6.07) is 21.4. The fourth-order valence-corrected chi connectivity index (χ4v) is 5.04. The average Bonchev–Trinajstić information content (AvgIpc) is 2.85. The summed E-state index contributed by atoms with van der Waals surface area (Å²) in [6.45, 7) is 4.47. The van der Waals surface area contributed by atoms with E-state index in [9.17, 15) is 4.79 Å². The molecule has 4 unspecified atom stereocenters. The topological polar surface area (TPSA) is 38.3 Å². The Bertz CT molecular complexity index is 791. The molecule has 4 atom stereocenters. The highest BCUT2D eigenvalue weighted by molar-refractivity contribution is 5.69. The summed E-state index contributed by atoms with van der Waals surface area (Å²) in [6.07, 6.45) is 12.6. The zero-order valence-corrected chi connectivity index (χ0v) is 20.7. The third kappa shape index (κ3) is 8.30. The van der Waals surface area contributed by atoms with Crippen LogP contribution in [0.2, 0.25) is 0 Å². The molecule has 0 spiro atoms. The van der Waals surface area contributed by atoms with Crippen LogP contribution in [-0.4, -0.2) is 12.1 Å². The van der Waals surface area contributed by atoms with Crippen molar-refractivity contribution in [2.75, 3.05) is 0 Å². The van der Waals surface area contributed by atoms with Crippen LogP contribution in [0.15, 0.2) is 60.7 Å². The highest BCUT2D eigenvalue weighted by atomic mass is 16.5. The molecule has 33 heavy (non-hydrogen) atoms. The van der Waals surface area contributed by atoms with E-state index >= 15 is 0 Å². The minimum atomic E-state index is -0.0762. The summed E-state index contributed by atoms with van der Waals surface area (Å²) in [7, 11) is 0. The van der Waals surface area contributed by atoms with Crippen molar-refractivity contribution in [2.24, 2.45) is 5.92 Å². The average molecular weight is 450 g/mol. The molecule has 3 rings (SSSR count). The third-order valence-corrected chi connectivity index (χ3v) is 7.09. The Morgan fingerprint density at radius 2 is 1.36 bits per heavy atom. The largest absolute Gasteiger partial charge is 0.462 e. The van der Waals surface area contributed by atoms with Gasteiger partial charge in [-0.25, -0.2) is 0 Å². The van der Waals surface area contributed by atoms with Gasteiger partial charge in [0.05, 0.1) is 0 Å². The van der Waals surface area contributed by atoms with E-state index in [1.807, 2.05) is 12.1 Å². The second-order valence-electron chi connectivity index (χ2n) is 9.72. The molecule has 1 aliphatic rings. The van der Waals surface area contributed by atoms with Crippen molar-refractivity contribution in [1.82, 2.24) is 5.32 Å². The molecule has 0 amide bonds. The Hall–Kier alpha value is -2.13. The van der Waals surface area contributed by atoms with Gasteiger partial charge in [-0.2, -0.15) is 0 Å². The number of unbranched alkanes of at least 4 members (excludes halogenated alkanes) is 8. The van der Waals surface area contributed by atoms with Gasteiger partial charge in [-0.15, -0.1) is 0 Å². The van der Waals surface area contributed by atoms with Gasteiger partial charge in [-0.05, 0) is 17.5 Å². The van der Waals surface area contributed by atoms with Gasteiger partial charge < -0.3 is 10.1 Å². The molecular formula is C30H43NO2. The van der Waals surface area contributed by atoms with E-state index in [2.05, 4.69) is 67.7 Å². The van der Waals surface area contributed by atoms with E-state index < -0.39 is 0 Å². The SMILES string of the molecule is CCCCCCCCCCCC(=O)OC1CC(c2ccccc2)NC(c2ccccc2)C1C. The smallest absolute Gasteiger partial charge is 0.306 e. The minimum Gasteiger partial charge on any atom is -0.462 e. The maximum absolute atomic E-state index is 12.7. The van der Waals surface area contributed by atoms with Crippen molar-refractivity contribution in [3.8, 4) is 0 Å². The molecule has 0 bridgehead atoms. The molecule has 2 aromatic carbocycles. The number of esters is 1. The van der Waals surface area contributed by atoms with Crippen molar-refractivity contribution in [1.29, 1.82) is 0 Å². The molecule has 0 saturated carbocycles. The van der Waals surface area contributed by atoms with Gasteiger partial charge in [-0.3, -0.25) is 4.79 Å². The highest BCUT2D eigenvalue weighted by Gasteiger charge is 2.38. The maximum atomic E-state index is 12.7. The van der Waals surface area contributed by atoms with Crippen molar-refractivity contribution in [3.05, 3.63) is 71.8 Å². The number of benzene rings is 2. The van der Waals surface area contributed by atoms with E-state index in [0.717, 1.165) is 19.3 Å². The zero-order chi connectivity index (χ0) is 23.3. The third-order valence-electron chi connectivity index (χ3n) is 7.09. The standard InChI is InChI=1S/C30H43NO2/c1-3-4-5-6-7-8-9-10-17-22-29(32)33-28-23-27(25-18-13-11-14-19-25)31-30(24(28)2)26-20-15-12-16-21-26/h11-16,18-21,24,27-28,30-31H,3-10,17,22-23H2,1-2H3. The summed E-state index contributed by atoms with van der Waals surface area (Å²) >= 11 is 0. The van der Waals surface area contributed by atoms with Gasteiger partial charge in [0.2, 0.25) is 0 Å². The van der Waals surface area contributed by atoms with Crippen LogP contribution in [0.3, 0.4) is 0 Å². The Balaban J connectivity index is 1.50. The number of ether oxygens (including phenoxy) is 1. The Morgan fingerprint density at radius 1 is 0.818 bits per heavy atom. The Labute approximate surface area is 201 Å². The van der Waals surface area contributed by atoms with E-state index in [1.54, 1.807) is 0 Å². The predicted molar refractivity (Wildman–Crippen MR) is 137 cm³/mol. The molecule has 1 N–H and O–H groups in total. The molecule has 0 radical (unpaired) electrons. The number of nitrogens with one attached hydrogen (secondary N) is 1. The van der Waals surface area contributed by atoms with E-state index in [0.29, 0.717) is 6.42 Å². The van der Waals surface area contributed by atoms with Crippen LogP contribution in [-0.2, 0) is 9.53 Å². The first-order chi connectivity index (χ1) is 16.2. The fourth-order valence-electron chi connectivity index (χ4n) is 5.04. The van der Waals surface area contributed by atoms with Gasteiger partial charge in [0.1, 0.15) is 6.10 Å². The molecular weight excluding hydrogens is 406 g/mol. The van der Waals surface area contributed by atoms with Crippen LogP contribution < -0.4 is 5.32 Å². The first-order valence-electron chi connectivity index (χ1n) is 13.2. The molecule has 180 valence electrons. The predicted octanol–water partition coefficient (Wildman–Crippen LogP) is 7.93. The van der Waals surface area contributed by atoms with Crippen molar-refractivity contribution in [3.63, 3.8) is 0 Å². The highest BCUT2D eigenvalue weighted by Crippen LogP contribution is 2.38. The molecule has 3 heteroatoms. The van der Waals surface area contributed by atoms with E-state index in [4.69, 9.17) is 4.74 Å². The molecule has 1 fully saturated rings. The lowest BCUT2D eigenvalue weighted by molar-refractivity contribution is -0.155. The number of hydrogen-bond donors (Lipinski definition) is 1. The first kappa shape index (κ1) is 25.5. The molecule has 2 aromatic rings. The van der Waals surface area contributed by atoms with E-state index in [1.165, 1.54) is 56.1 Å². The summed E-state index contributed by atoms with van der Waals surface area (Å²) in [5, 5.41) is 3.83. The first-order valence-corrected chi connectivity index (χ1v) is 13.2. The second-order valence-corrected chi connectivity index (χ2v) is 9.72. The number of rotatable bonds is 13. The van der Waals surface area contributed by atoms with Gasteiger partial charge >= 0.3 is 5.97 Å². The van der Waals surface area contributed by atoms with Crippen LogP contribution in [0.25, 0.3) is 0 Å². The maximum Gasteiger partial charge on any atom is 0.306 e. The second kappa shape index (κ2) is 14.2. The van der Waals surface area contributed by atoms with Crippen molar-refractivity contribution < 1.29 is 9.53 Å². The van der Waals surface area contributed by atoms with Crippen molar-refractivity contribution >= 4 is 5.97 Å². The lowest BCUT2D eigenvalue weighted by atomic mass is 9.81. The summed E-state index contributed by atoms with van der Waals surface area (Å²) in [5.41, 5.74) is 2.51. The lowest BCUT2D eigenvalue weighted by Gasteiger charge is -2.41. The van der Waals surface area contributed by atoms with Gasteiger partial charge in [0.15, 0.2) is 0 Å². The summed E-state index contributed by atoms with van der Waals surface area (Å²) in [5.74, 6) is 0.190. The van der Waals surface area contributed by atoms with Gasteiger partial charge in [0, 0.05) is 30.8 Å². The summed E-state index contributed by atoms with van der Waals surface area (Å²) < 4.78 is 6.10. The normalized spacial score (nSPS) is 22.7. The Kier molecular flexibility index (Phi) is 11.0. The van der Waals surface area contributed by atoms with Crippen LogP contribution >= 0.6 is 0 Å². The van der Waals surface area contributed by atoms with Crippen LogP contribution in [0, 0.1) is 5.92 Å². The zero-order valence-electron chi connectivity index (χ0n) is 20.7. The minimum absolute atomic E-state index is 0.0321. The van der Waals surface area contributed by atoms with Crippen molar-refractivity contribution in [2.45, 2.75) is 103 Å². The molecule has 3 nitrogen and oxygen atoms in total. The summed E-state index contributed by atoms with van der Waals surface area (Å²) in [4.78, 5) is 12.7. The molecule has 1 saturated heterocycles. The van der Waals surface area contributed by atoms with Gasteiger partial charge in [-0.1, -0.05) is 126 Å². The Morgan fingerprint density at radius 3 is 1.97 bits per heavy atom. The fraction of sp³-hybridized carbons (Fsp3) is 0.567. The van der Waals surface area contributed by atoms with Crippen LogP contribution in [0.5, 0.6) is 0 Å². The van der Waals surface area contributed by atoms with Gasteiger partial charge in [0.25, 0.3) is 0 Å². The van der Waals surface area contributed by atoms with Crippen LogP contribution in [0.4, 0.5) is 0 Å². The molecule has 1 heterocycles. The quantitative estimate of drug-likeness (QED) is 0.249.